The van der Waals surface area contributed by atoms with Gasteiger partial charge in [-0.2, -0.15) is 0 Å². The lowest BCUT2D eigenvalue weighted by atomic mass is 9.88. The summed E-state index contributed by atoms with van der Waals surface area (Å²) in [5.41, 5.74) is 2.11. The highest BCUT2D eigenvalue weighted by atomic mass is 16.5. The molecule has 8 nitrogen and oxygen atoms in total. The summed E-state index contributed by atoms with van der Waals surface area (Å²) in [4.78, 5) is 38.9. The van der Waals surface area contributed by atoms with Crippen molar-refractivity contribution in [3.05, 3.63) is 76.3 Å². The van der Waals surface area contributed by atoms with Gasteiger partial charge in [0.25, 0.3) is 5.91 Å². The van der Waals surface area contributed by atoms with Gasteiger partial charge in [0, 0.05) is 23.3 Å². The molecule has 1 aliphatic carbocycles. The summed E-state index contributed by atoms with van der Waals surface area (Å²) in [6.07, 6.45) is -0.0249. The van der Waals surface area contributed by atoms with Crippen LogP contribution in [0.5, 0.6) is 11.5 Å². The number of Topliss-reactive ketones (excluding diaryl/α,β-unsaturated/α-hetero) is 2. The molecule has 0 saturated heterocycles. The largest absolute Gasteiger partial charge is 0.497 e. The van der Waals surface area contributed by atoms with E-state index in [0.717, 1.165) is 0 Å². The number of ether oxygens (including phenoxy) is 4. The number of ketones is 2. The van der Waals surface area contributed by atoms with Crippen molar-refractivity contribution in [1.82, 2.24) is 0 Å². The van der Waals surface area contributed by atoms with Crippen LogP contribution in [0.15, 0.2) is 65.1 Å². The van der Waals surface area contributed by atoms with Crippen LogP contribution in [0.1, 0.15) is 36.7 Å². The summed E-state index contributed by atoms with van der Waals surface area (Å²) in [6, 6.07) is 12.1. The number of methoxy groups -OCH3 is 3. The summed E-state index contributed by atoms with van der Waals surface area (Å²) >= 11 is 0. The second-order valence-corrected chi connectivity index (χ2v) is 8.18. The van der Waals surface area contributed by atoms with Gasteiger partial charge in [0.15, 0.2) is 0 Å². The van der Waals surface area contributed by atoms with E-state index in [1.54, 1.807) is 56.5 Å². The van der Waals surface area contributed by atoms with Gasteiger partial charge in [-0.15, -0.1) is 0 Å². The Morgan fingerprint density at radius 2 is 1.51 bits per heavy atom. The number of benzene rings is 2. The van der Waals surface area contributed by atoms with Gasteiger partial charge < -0.3 is 24.3 Å². The maximum atomic E-state index is 13.2. The van der Waals surface area contributed by atoms with Crippen LogP contribution in [0.3, 0.4) is 0 Å². The topological polar surface area (TPSA) is 100 Å². The Bertz CT molecular complexity index is 1210. The first-order valence-corrected chi connectivity index (χ1v) is 11.1. The Kier molecular flexibility index (Phi) is 7.96. The van der Waals surface area contributed by atoms with Gasteiger partial charge in [-0.25, -0.2) is 0 Å². The van der Waals surface area contributed by atoms with E-state index in [9.17, 15) is 14.4 Å². The molecular weight excluding hydrogens is 450 g/mol. The van der Waals surface area contributed by atoms with E-state index >= 15 is 0 Å². The van der Waals surface area contributed by atoms with Crippen molar-refractivity contribution in [2.24, 2.45) is 0 Å². The molecule has 2 aromatic rings. The Morgan fingerprint density at radius 1 is 0.886 bits per heavy atom. The molecule has 0 spiro atoms. The van der Waals surface area contributed by atoms with Crippen molar-refractivity contribution in [3.63, 3.8) is 0 Å². The summed E-state index contributed by atoms with van der Waals surface area (Å²) in [5.74, 6) is -0.363. The van der Waals surface area contributed by atoms with Gasteiger partial charge in [0.2, 0.25) is 23.1 Å². The van der Waals surface area contributed by atoms with Crippen LogP contribution in [-0.2, 0) is 25.5 Å². The predicted molar refractivity (Wildman–Crippen MR) is 131 cm³/mol. The average Bonchev–Trinajstić information content (AvgIpc) is 2.84. The molecule has 0 unspecified atom stereocenters. The fraction of sp³-hybridized carbons (Fsp3) is 0.296. The molecule has 2 aromatic carbocycles. The lowest BCUT2D eigenvalue weighted by Crippen LogP contribution is -2.26. The standard InChI is InChI=1S/C27H29NO7/c1-15(2)35-22-12-7-17(13-20-16(3)23(29)25(33-5)26(34-6)24(20)30)14-21(22)27(31)28-18-8-10-19(32-4)11-9-18/h7-12,14-15H,13H2,1-6H3,(H,28,31). The molecule has 1 amide bonds. The van der Waals surface area contributed by atoms with Crippen LogP contribution in [0.2, 0.25) is 0 Å². The summed E-state index contributed by atoms with van der Waals surface area (Å²) in [5, 5.41) is 2.86. The highest BCUT2D eigenvalue weighted by Crippen LogP contribution is 2.30. The number of hydrogen-bond acceptors (Lipinski definition) is 7. The predicted octanol–water partition coefficient (Wildman–Crippen LogP) is 4.25. The summed E-state index contributed by atoms with van der Waals surface area (Å²) in [6.45, 7) is 5.31. The minimum atomic E-state index is -0.423. The fourth-order valence-corrected chi connectivity index (χ4v) is 3.70. The van der Waals surface area contributed by atoms with Crippen LogP contribution < -0.4 is 14.8 Å². The molecular formula is C27H29NO7. The molecule has 0 aliphatic heterocycles. The smallest absolute Gasteiger partial charge is 0.259 e. The Morgan fingerprint density at radius 3 is 2.09 bits per heavy atom. The number of carbonyl (C=O) groups is 3. The van der Waals surface area contributed by atoms with E-state index in [-0.39, 0.29) is 41.1 Å². The summed E-state index contributed by atoms with van der Waals surface area (Å²) in [7, 11) is 4.20. The first-order chi connectivity index (χ1) is 16.7. The van der Waals surface area contributed by atoms with Gasteiger partial charge in [-0.3, -0.25) is 14.4 Å². The highest BCUT2D eigenvalue weighted by Gasteiger charge is 2.34. The molecule has 35 heavy (non-hydrogen) atoms. The van der Waals surface area contributed by atoms with E-state index in [2.05, 4.69) is 5.32 Å². The van der Waals surface area contributed by atoms with E-state index in [0.29, 0.717) is 28.3 Å². The molecule has 3 rings (SSSR count). The van der Waals surface area contributed by atoms with Crippen molar-refractivity contribution in [2.75, 3.05) is 26.6 Å². The van der Waals surface area contributed by atoms with Gasteiger partial charge in [-0.1, -0.05) is 6.07 Å². The first-order valence-electron chi connectivity index (χ1n) is 11.1. The van der Waals surface area contributed by atoms with E-state index in [1.807, 2.05) is 13.8 Å². The van der Waals surface area contributed by atoms with Gasteiger partial charge in [0.05, 0.1) is 33.0 Å². The summed E-state index contributed by atoms with van der Waals surface area (Å²) < 4.78 is 21.3. The molecule has 0 saturated carbocycles. The third-order valence-electron chi connectivity index (χ3n) is 5.47. The van der Waals surface area contributed by atoms with E-state index in [1.165, 1.54) is 14.2 Å². The Labute approximate surface area is 204 Å². The molecule has 184 valence electrons. The number of rotatable bonds is 9. The number of carbonyl (C=O) groups excluding carboxylic acids is 3. The third kappa shape index (κ3) is 5.54. The zero-order valence-electron chi connectivity index (χ0n) is 20.7. The molecule has 0 aromatic heterocycles. The monoisotopic (exact) mass is 479 g/mol. The lowest BCUT2D eigenvalue weighted by molar-refractivity contribution is -0.121. The number of hydrogen-bond donors (Lipinski definition) is 1. The van der Waals surface area contributed by atoms with Crippen molar-refractivity contribution in [3.8, 4) is 11.5 Å². The minimum absolute atomic E-state index is 0.112. The van der Waals surface area contributed by atoms with Crippen molar-refractivity contribution >= 4 is 23.2 Å². The van der Waals surface area contributed by atoms with Crippen molar-refractivity contribution in [2.45, 2.75) is 33.3 Å². The molecule has 8 heteroatoms. The third-order valence-corrected chi connectivity index (χ3v) is 5.47. The van der Waals surface area contributed by atoms with Gasteiger partial charge in [0.1, 0.15) is 11.5 Å². The SMILES string of the molecule is COC1=C(OC)C(=O)C(Cc2ccc(OC(C)C)c(C(=O)Nc3ccc(OC)cc3)c2)=C(C)C1=O. The number of allylic oxidation sites excluding steroid dienone is 2. The zero-order valence-corrected chi connectivity index (χ0v) is 20.7. The van der Waals surface area contributed by atoms with Crippen molar-refractivity contribution < 1.29 is 33.3 Å². The van der Waals surface area contributed by atoms with E-state index in [4.69, 9.17) is 18.9 Å². The van der Waals surface area contributed by atoms with Gasteiger partial charge in [-0.05, 0) is 62.7 Å². The zero-order chi connectivity index (χ0) is 25.7. The average molecular weight is 480 g/mol. The number of amides is 1. The van der Waals surface area contributed by atoms with Crippen LogP contribution in [0.25, 0.3) is 0 Å². The molecule has 0 fully saturated rings. The van der Waals surface area contributed by atoms with Gasteiger partial charge >= 0.3 is 0 Å². The number of anilines is 1. The van der Waals surface area contributed by atoms with Crippen LogP contribution >= 0.6 is 0 Å². The normalized spacial score (nSPS) is 13.8. The van der Waals surface area contributed by atoms with Crippen LogP contribution in [0, 0.1) is 0 Å². The van der Waals surface area contributed by atoms with E-state index < -0.39 is 11.6 Å². The van der Waals surface area contributed by atoms with Crippen molar-refractivity contribution in [1.29, 1.82) is 0 Å². The molecule has 0 atom stereocenters. The molecule has 1 N–H and O–H groups in total. The van der Waals surface area contributed by atoms with Crippen LogP contribution in [0.4, 0.5) is 5.69 Å². The molecule has 1 aliphatic rings. The molecule has 0 bridgehead atoms. The fourth-order valence-electron chi connectivity index (χ4n) is 3.70. The Balaban J connectivity index is 1.95. The quantitative estimate of drug-likeness (QED) is 0.537. The molecule has 0 heterocycles. The maximum Gasteiger partial charge on any atom is 0.259 e. The maximum absolute atomic E-state index is 13.2. The highest BCUT2D eigenvalue weighted by molar-refractivity contribution is 6.23. The lowest BCUT2D eigenvalue weighted by Gasteiger charge is -2.21. The van der Waals surface area contributed by atoms with Crippen LogP contribution in [-0.4, -0.2) is 44.9 Å². The number of nitrogens with one attached hydrogen (secondary N) is 1. The molecule has 0 radical (unpaired) electrons. The second kappa shape index (κ2) is 10.9. The second-order valence-electron chi connectivity index (χ2n) is 8.18. The Hall–Kier alpha value is -4.07. The first kappa shape index (κ1) is 25.6. The minimum Gasteiger partial charge on any atom is -0.497 e.